The molecule has 1 heterocycles. The molecule has 0 aliphatic rings. The van der Waals surface area contributed by atoms with E-state index in [9.17, 15) is 0 Å². The van der Waals surface area contributed by atoms with E-state index in [0.717, 1.165) is 32.4 Å². The zero-order valence-electron chi connectivity index (χ0n) is 11.2. The van der Waals surface area contributed by atoms with Crippen molar-refractivity contribution < 1.29 is 4.52 Å². The zero-order valence-corrected chi connectivity index (χ0v) is 13.6. The molecule has 0 amide bonds. The van der Waals surface area contributed by atoms with Crippen LogP contribution in [-0.4, -0.2) is 5.16 Å². The number of nitrogens with zero attached hydrogens (tertiary/aromatic N) is 1. The molecule has 1 aromatic heterocycles. The number of nitrogens with two attached hydrogens (primary N) is 1. The van der Waals surface area contributed by atoms with Crippen LogP contribution in [0, 0.1) is 6.92 Å². The monoisotopic (exact) mass is 362 g/mol. The van der Waals surface area contributed by atoms with Crippen LogP contribution in [0.1, 0.15) is 5.56 Å². The highest BCUT2D eigenvalue weighted by molar-refractivity contribution is 9.10. The van der Waals surface area contributed by atoms with E-state index >= 15 is 0 Å². The van der Waals surface area contributed by atoms with Crippen molar-refractivity contribution in [3.05, 3.63) is 57.5 Å². The van der Waals surface area contributed by atoms with E-state index < -0.39 is 0 Å². The van der Waals surface area contributed by atoms with E-state index in [0.29, 0.717) is 10.9 Å². The van der Waals surface area contributed by atoms with Gasteiger partial charge in [-0.1, -0.05) is 44.8 Å². The Morgan fingerprint density at radius 2 is 1.81 bits per heavy atom. The number of nitrogen functional groups attached to an aromatic ring is 1. The highest BCUT2D eigenvalue weighted by Crippen LogP contribution is 2.37. The molecule has 0 unspecified atom stereocenters. The van der Waals surface area contributed by atoms with Crippen LogP contribution in [0.15, 0.2) is 51.5 Å². The van der Waals surface area contributed by atoms with Crippen molar-refractivity contribution in [3.63, 3.8) is 0 Å². The summed E-state index contributed by atoms with van der Waals surface area (Å²) in [6.07, 6.45) is 0. The van der Waals surface area contributed by atoms with Crippen molar-refractivity contribution in [1.82, 2.24) is 5.16 Å². The van der Waals surface area contributed by atoms with Crippen molar-refractivity contribution in [1.29, 1.82) is 0 Å². The molecule has 0 spiro atoms. The molecule has 0 fully saturated rings. The van der Waals surface area contributed by atoms with E-state index in [1.165, 1.54) is 0 Å². The first-order valence-electron chi connectivity index (χ1n) is 6.33. The van der Waals surface area contributed by atoms with Crippen LogP contribution in [-0.2, 0) is 0 Å². The van der Waals surface area contributed by atoms with Crippen molar-refractivity contribution in [2.45, 2.75) is 6.92 Å². The largest absolute Gasteiger partial charge is 0.367 e. The Balaban J connectivity index is 2.19. The van der Waals surface area contributed by atoms with Gasteiger partial charge in [0.15, 0.2) is 0 Å². The second-order valence-corrected chi connectivity index (χ2v) is 6.15. The van der Waals surface area contributed by atoms with Gasteiger partial charge in [-0.05, 0) is 48.4 Å². The van der Waals surface area contributed by atoms with E-state index in [1.807, 2.05) is 49.4 Å². The minimum absolute atomic E-state index is 0.296. The van der Waals surface area contributed by atoms with Crippen molar-refractivity contribution >= 4 is 33.4 Å². The van der Waals surface area contributed by atoms with Crippen LogP contribution in [0.2, 0.25) is 5.02 Å². The standard InChI is InChI=1S/C16H12BrClN2O/c1-9-6-11(8-12(17)7-9)15-14(16(19)21-20-15)10-2-4-13(18)5-3-10/h2-8H,19H2,1H3. The highest BCUT2D eigenvalue weighted by atomic mass is 79.9. The molecule has 3 nitrogen and oxygen atoms in total. The molecule has 3 rings (SSSR count). The minimum Gasteiger partial charge on any atom is -0.367 e. The lowest BCUT2D eigenvalue weighted by atomic mass is 10.00. The quantitative estimate of drug-likeness (QED) is 0.671. The molecule has 3 aromatic rings. The normalized spacial score (nSPS) is 10.8. The van der Waals surface area contributed by atoms with E-state index in [1.54, 1.807) is 0 Å². The number of hydrogen-bond donors (Lipinski definition) is 1. The molecule has 2 aromatic carbocycles. The Morgan fingerprint density at radius 3 is 2.48 bits per heavy atom. The summed E-state index contributed by atoms with van der Waals surface area (Å²) in [5, 5.41) is 4.79. The summed E-state index contributed by atoms with van der Waals surface area (Å²) in [6, 6.07) is 13.5. The highest BCUT2D eigenvalue weighted by Gasteiger charge is 2.17. The number of rotatable bonds is 2. The fourth-order valence-corrected chi connectivity index (χ4v) is 3.00. The van der Waals surface area contributed by atoms with Crippen LogP contribution >= 0.6 is 27.5 Å². The number of halogens is 2. The van der Waals surface area contributed by atoms with Gasteiger partial charge in [-0.25, -0.2) is 0 Å². The van der Waals surface area contributed by atoms with Crippen molar-refractivity contribution in [2.75, 3.05) is 5.73 Å². The molecule has 5 heteroatoms. The van der Waals surface area contributed by atoms with Gasteiger partial charge in [0, 0.05) is 15.1 Å². The Labute approximate surface area is 135 Å². The summed E-state index contributed by atoms with van der Waals surface area (Å²) >= 11 is 9.44. The second kappa shape index (κ2) is 5.54. The topological polar surface area (TPSA) is 52.0 Å². The molecule has 0 radical (unpaired) electrons. The van der Waals surface area contributed by atoms with Gasteiger partial charge in [0.2, 0.25) is 5.88 Å². The third kappa shape index (κ3) is 2.82. The smallest absolute Gasteiger partial charge is 0.230 e. The molecule has 0 aliphatic heterocycles. The predicted octanol–water partition coefficient (Wildman–Crippen LogP) is 5.32. The predicted molar refractivity (Wildman–Crippen MR) is 89.2 cm³/mol. The molecule has 0 atom stereocenters. The fourth-order valence-electron chi connectivity index (χ4n) is 2.27. The van der Waals surface area contributed by atoms with E-state index in [4.69, 9.17) is 21.9 Å². The maximum absolute atomic E-state index is 5.95. The summed E-state index contributed by atoms with van der Waals surface area (Å²) < 4.78 is 6.18. The Morgan fingerprint density at radius 1 is 1.10 bits per heavy atom. The lowest BCUT2D eigenvalue weighted by Gasteiger charge is -2.05. The number of benzene rings is 2. The van der Waals surface area contributed by atoms with Gasteiger partial charge in [-0.2, -0.15) is 0 Å². The van der Waals surface area contributed by atoms with Gasteiger partial charge in [0.1, 0.15) is 5.69 Å². The molecule has 0 aliphatic carbocycles. The molecule has 2 N–H and O–H groups in total. The average molecular weight is 364 g/mol. The fraction of sp³-hybridized carbons (Fsp3) is 0.0625. The number of hydrogen-bond acceptors (Lipinski definition) is 3. The van der Waals surface area contributed by atoms with Crippen molar-refractivity contribution in [2.24, 2.45) is 0 Å². The van der Waals surface area contributed by atoms with Crippen LogP contribution in [0.25, 0.3) is 22.4 Å². The Bertz CT molecular complexity index is 776. The van der Waals surface area contributed by atoms with Crippen molar-refractivity contribution in [3.8, 4) is 22.4 Å². The SMILES string of the molecule is Cc1cc(Br)cc(-c2noc(N)c2-c2ccc(Cl)cc2)c1. The first-order chi connectivity index (χ1) is 10.0. The van der Waals surface area contributed by atoms with Gasteiger partial charge in [0.05, 0.1) is 5.56 Å². The molecular weight excluding hydrogens is 352 g/mol. The summed E-state index contributed by atoms with van der Waals surface area (Å²) in [4.78, 5) is 0. The first kappa shape index (κ1) is 14.2. The Kier molecular flexibility index (Phi) is 3.74. The van der Waals surface area contributed by atoms with Crippen LogP contribution in [0.3, 0.4) is 0 Å². The summed E-state index contributed by atoms with van der Waals surface area (Å²) in [6.45, 7) is 2.03. The third-order valence-electron chi connectivity index (χ3n) is 3.17. The maximum Gasteiger partial charge on any atom is 0.230 e. The third-order valence-corrected chi connectivity index (χ3v) is 3.88. The van der Waals surface area contributed by atoms with Crippen LogP contribution in [0.4, 0.5) is 5.88 Å². The van der Waals surface area contributed by atoms with Gasteiger partial charge >= 0.3 is 0 Å². The van der Waals surface area contributed by atoms with E-state index in [2.05, 4.69) is 21.1 Å². The zero-order chi connectivity index (χ0) is 15.0. The number of anilines is 1. The number of aromatic nitrogens is 1. The van der Waals surface area contributed by atoms with Crippen LogP contribution < -0.4 is 5.73 Å². The first-order valence-corrected chi connectivity index (χ1v) is 7.50. The summed E-state index contributed by atoms with van der Waals surface area (Å²) in [5.74, 6) is 0.296. The van der Waals surface area contributed by atoms with E-state index in [-0.39, 0.29) is 0 Å². The molecule has 106 valence electrons. The average Bonchev–Trinajstić information content (AvgIpc) is 2.80. The molecule has 0 saturated heterocycles. The lowest BCUT2D eigenvalue weighted by molar-refractivity contribution is 0.439. The molecule has 0 saturated carbocycles. The van der Waals surface area contributed by atoms with Crippen LogP contribution in [0.5, 0.6) is 0 Å². The molecule has 21 heavy (non-hydrogen) atoms. The molecule has 0 bridgehead atoms. The molecular formula is C16H12BrClN2O. The summed E-state index contributed by atoms with van der Waals surface area (Å²) in [5.41, 5.74) is 10.5. The van der Waals surface area contributed by atoms with Gasteiger partial charge in [-0.15, -0.1) is 0 Å². The Hall–Kier alpha value is -1.78. The maximum atomic E-state index is 5.95. The lowest BCUT2D eigenvalue weighted by Crippen LogP contribution is -1.88. The minimum atomic E-state index is 0.296. The second-order valence-electron chi connectivity index (χ2n) is 4.79. The van der Waals surface area contributed by atoms with Gasteiger partial charge in [-0.3, -0.25) is 0 Å². The summed E-state index contributed by atoms with van der Waals surface area (Å²) in [7, 11) is 0. The van der Waals surface area contributed by atoms with Gasteiger partial charge in [0.25, 0.3) is 0 Å². The number of aryl methyl sites for hydroxylation is 1. The van der Waals surface area contributed by atoms with Gasteiger partial charge < -0.3 is 10.3 Å².